The smallest absolute Gasteiger partial charge is 0.247 e. The van der Waals surface area contributed by atoms with Crippen LogP contribution in [0.5, 0.6) is 0 Å². The number of aromatic nitrogens is 3. The van der Waals surface area contributed by atoms with Gasteiger partial charge in [0.15, 0.2) is 0 Å². The third-order valence-corrected chi connectivity index (χ3v) is 4.71. The first-order chi connectivity index (χ1) is 10.8. The molecular weight excluding hydrogens is 280 g/mol. The van der Waals surface area contributed by atoms with Crippen molar-refractivity contribution in [1.29, 1.82) is 0 Å². The van der Waals surface area contributed by atoms with E-state index in [1.165, 1.54) is 0 Å². The average Bonchev–Trinajstić information content (AvgIpc) is 3.25. The fourth-order valence-corrected chi connectivity index (χ4v) is 3.76. The Labute approximate surface area is 128 Å². The van der Waals surface area contributed by atoms with Gasteiger partial charge in [-0.3, -0.25) is 4.79 Å². The van der Waals surface area contributed by atoms with E-state index in [0.29, 0.717) is 23.9 Å². The molecule has 2 bridgehead atoms. The molecule has 0 saturated carbocycles. The first kappa shape index (κ1) is 13.3. The van der Waals surface area contributed by atoms with E-state index < -0.39 is 0 Å². The van der Waals surface area contributed by atoms with E-state index in [2.05, 4.69) is 10.3 Å². The highest BCUT2D eigenvalue weighted by Crippen LogP contribution is 2.40. The van der Waals surface area contributed by atoms with Crippen molar-refractivity contribution in [3.05, 3.63) is 42.6 Å². The zero-order valence-electron chi connectivity index (χ0n) is 12.2. The van der Waals surface area contributed by atoms with Gasteiger partial charge in [-0.2, -0.15) is 0 Å². The van der Waals surface area contributed by atoms with Gasteiger partial charge in [-0.05, 0) is 43.9 Å². The van der Waals surface area contributed by atoms with Crippen molar-refractivity contribution >= 4 is 12.0 Å². The van der Waals surface area contributed by atoms with E-state index in [1.807, 2.05) is 27.9 Å². The molecule has 0 radical (unpaired) electrons. The molecule has 2 unspecified atom stereocenters. The Morgan fingerprint density at radius 1 is 1.27 bits per heavy atom. The standard InChI is InChI=1S/C16H18N4O2/c21-16(6-5-15-2-1-9-22-15)20-12-3-4-13(20)11-14(10-12)19-8-7-17-18-19/h1-2,5-9,12-14H,3-4,10-11H2. The second-order valence-electron chi connectivity index (χ2n) is 5.99. The van der Waals surface area contributed by atoms with Crippen molar-refractivity contribution in [2.75, 3.05) is 0 Å². The molecular formula is C16H18N4O2. The van der Waals surface area contributed by atoms with E-state index in [0.717, 1.165) is 25.7 Å². The summed E-state index contributed by atoms with van der Waals surface area (Å²) in [7, 11) is 0. The van der Waals surface area contributed by atoms with E-state index in [4.69, 9.17) is 4.42 Å². The second kappa shape index (κ2) is 5.44. The Morgan fingerprint density at radius 3 is 2.73 bits per heavy atom. The molecule has 22 heavy (non-hydrogen) atoms. The Kier molecular flexibility index (Phi) is 3.29. The topological polar surface area (TPSA) is 64.2 Å². The third kappa shape index (κ3) is 2.34. The molecule has 0 aliphatic carbocycles. The number of rotatable bonds is 3. The van der Waals surface area contributed by atoms with Crippen LogP contribution < -0.4 is 0 Å². The maximum Gasteiger partial charge on any atom is 0.247 e. The lowest BCUT2D eigenvalue weighted by Crippen LogP contribution is -2.46. The van der Waals surface area contributed by atoms with Gasteiger partial charge in [0, 0.05) is 24.4 Å². The van der Waals surface area contributed by atoms with Gasteiger partial charge in [-0.25, -0.2) is 4.68 Å². The van der Waals surface area contributed by atoms with Crippen LogP contribution in [0.4, 0.5) is 0 Å². The maximum absolute atomic E-state index is 12.5. The van der Waals surface area contributed by atoms with Crippen molar-refractivity contribution in [3.8, 4) is 0 Å². The van der Waals surface area contributed by atoms with Crippen LogP contribution in [-0.2, 0) is 4.79 Å². The molecule has 2 aliphatic rings. The van der Waals surface area contributed by atoms with Gasteiger partial charge in [0.2, 0.25) is 5.91 Å². The maximum atomic E-state index is 12.5. The number of hydrogen-bond donors (Lipinski definition) is 0. The van der Waals surface area contributed by atoms with Crippen molar-refractivity contribution in [2.45, 2.75) is 43.8 Å². The molecule has 6 heteroatoms. The van der Waals surface area contributed by atoms with Crippen LogP contribution in [0.25, 0.3) is 6.08 Å². The summed E-state index contributed by atoms with van der Waals surface area (Å²) in [6, 6.07) is 4.63. The molecule has 2 aliphatic heterocycles. The van der Waals surface area contributed by atoms with Crippen LogP contribution in [0.15, 0.2) is 41.3 Å². The minimum atomic E-state index is 0.0842. The second-order valence-corrected chi connectivity index (χ2v) is 5.99. The van der Waals surface area contributed by atoms with Gasteiger partial charge in [-0.1, -0.05) is 5.21 Å². The lowest BCUT2D eigenvalue weighted by Gasteiger charge is -2.38. The fraction of sp³-hybridized carbons (Fsp3) is 0.438. The molecule has 0 N–H and O–H groups in total. The Bertz CT molecular complexity index is 648. The molecule has 6 nitrogen and oxygen atoms in total. The monoisotopic (exact) mass is 298 g/mol. The summed E-state index contributed by atoms with van der Waals surface area (Å²) in [6.07, 6.45) is 12.7. The molecule has 2 aromatic heterocycles. The predicted molar refractivity (Wildman–Crippen MR) is 79.7 cm³/mol. The van der Waals surface area contributed by atoms with Crippen LogP contribution in [-0.4, -0.2) is 37.9 Å². The van der Waals surface area contributed by atoms with Crippen molar-refractivity contribution in [1.82, 2.24) is 19.9 Å². The number of fused-ring (bicyclic) bond motifs is 2. The molecule has 4 rings (SSSR count). The van der Waals surface area contributed by atoms with Gasteiger partial charge in [0.05, 0.1) is 18.5 Å². The van der Waals surface area contributed by atoms with Crippen LogP contribution in [0.3, 0.4) is 0 Å². The van der Waals surface area contributed by atoms with Crippen LogP contribution in [0, 0.1) is 0 Å². The van der Waals surface area contributed by atoms with Gasteiger partial charge in [0.25, 0.3) is 0 Å². The molecule has 1 amide bonds. The quantitative estimate of drug-likeness (QED) is 0.815. The van der Waals surface area contributed by atoms with Gasteiger partial charge >= 0.3 is 0 Å². The van der Waals surface area contributed by atoms with Crippen molar-refractivity contribution in [3.63, 3.8) is 0 Å². The number of nitrogens with zero attached hydrogens (tertiary/aromatic N) is 4. The highest BCUT2D eigenvalue weighted by molar-refractivity contribution is 5.92. The number of carbonyl (C=O) groups excluding carboxylic acids is 1. The summed E-state index contributed by atoms with van der Waals surface area (Å²) in [5.74, 6) is 0.791. The third-order valence-electron chi connectivity index (χ3n) is 4.71. The largest absolute Gasteiger partial charge is 0.465 e. The van der Waals surface area contributed by atoms with Gasteiger partial charge < -0.3 is 9.32 Å². The predicted octanol–water partition coefficient (Wildman–Crippen LogP) is 2.28. The van der Waals surface area contributed by atoms with E-state index >= 15 is 0 Å². The van der Waals surface area contributed by atoms with Gasteiger partial charge in [-0.15, -0.1) is 5.10 Å². The summed E-state index contributed by atoms with van der Waals surface area (Å²) in [6.45, 7) is 0. The molecule has 0 aromatic carbocycles. The number of hydrogen-bond acceptors (Lipinski definition) is 4. The number of furan rings is 1. The molecule has 114 valence electrons. The average molecular weight is 298 g/mol. The summed E-state index contributed by atoms with van der Waals surface area (Å²) in [4.78, 5) is 14.6. The first-order valence-electron chi connectivity index (χ1n) is 7.71. The molecule has 2 atom stereocenters. The molecule has 4 heterocycles. The molecule has 0 spiro atoms. The van der Waals surface area contributed by atoms with E-state index in [-0.39, 0.29) is 5.91 Å². The van der Waals surface area contributed by atoms with Crippen LogP contribution in [0.2, 0.25) is 0 Å². The minimum Gasteiger partial charge on any atom is -0.465 e. The highest BCUT2D eigenvalue weighted by atomic mass is 16.3. The first-order valence-corrected chi connectivity index (χ1v) is 7.71. The lowest BCUT2D eigenvalue weighted by molar-refractivity contribution is -0.130. The molecule has 2 saturated heterocycles. The Morgan fingerprint density at radius 2 is 2.09 bits per heavy atom. The van der Waals surface area contributed by atoms with E-state index in [9.17, 15) is 4.79 Å². The summed E-state index contributed by atoms with van der Waals surface area (Å²) < 4.78 is 7.17. The number of amides is 1. The van der Waals surface area contributed by atoms with Crippen LogP contribution >= 0.6 is 0 Å². The zero-order valence-corrected chi connectivity index (χ0v) is 12.2. The zero-order chi connectivity index (χ0) is 14.9. The highest BCUT2D eigenvalue weighted by Gasteiger charge is 2.43. The molecule has 2 fully saturated rings. The van der Waals surface area contributed by atoms with Crippen LogP contribution in [0.1, 0.15) is 37.5 Å². The Balaban J connectivity index is 1.47. The van der Waals surface area contributed by atoms with E-state index in [1.54, 1.807) is 24.6 Å². The SMILES string of the molecule is O=C(C=Cc1ccco1)N1C2CCC1CC(n1ccnn1)C2. The summed E-state index contributed by atoms with van der Waals surface area (Å²) >= 11 is 0. The van der Waals surface area contributed by atoms with Crippen molar-refractivity contribution in [2.24, 2.45) is 0 Å². The Hall–Kier alpha value is -2.37. The number of piperidine rings is 1. The van der Waals surface area contributed by atoms with Crippen molar-refractivity contribution < 1.29 is 9.21 Å². The normalized spacial score (nSPS) is 27.6. The summed E-state index contributed by atoms with van der Waals surface area (Å²) in [5.41, 5.74) is 0. The fourth-order valence-electron chi connectivity index (χ4n) is 3.76. The summed E-state index contributed by atoms with van der Waals surface area (Å²) in [5, 5.41) is 8.00. The molecule has 2 aromatic rings. The number of carbonyl (C=O) groups is 1. The minimum absolute atomic E-state index is 0.0842. The van der Waals surface area contributed by atoms with Gasteiger partial charge in [0.1, 0.15) is 5.76 Å². The lowest BCUT2D eigenvalue weighted by atomic mass is 9.97.